The van der Waals surface area contributed by atoms with Crippen LogP contribution in [0, 0.1) is 24.0 Å². The Labute approximate surface area is 183 Å². The highest BCUT2D eigenvalue weighted by Crippen LogP contribution is 2.26. The van der Waals surface area contributed by atoms with Gasteiger partial charge in [0.25, 0.3) is 11.6 Å². The first-order valence-corrected chi connectivity index (χ1v) is 9.71. The summed E-state index contributed by atoms with van der Waals surface area (Å²) in [6, 6.07) is 15.9. The number of amides is 1. The molecule has 0 bridgehead atoms. The predicted molar refractivity (Wildman–Crippen MR) is 118 cm³/mol. The Kier molecular flexibility index (Phi) is 6.67. The van der Waals surface area contributed by atoms with Gasteiger partial charge in [-0.05, 0) is 49.7 Å². The van der Waals surface area contributed by atoms with Gasteiger partial charge < -0.3 is 10.1 Å². The van der Waals surface area contributed by atoms with Gasteiger partial charge in [-0.25, -0.2) is 0 Å². The highest BCUT2D eigenvalue weighted by atomic mass is 35.5. The average molecular weight is 439 g/mol. The minimum Gasteiger partial charge on any atom is -0.483 e. The number of carbonyl (C=O) groups excluding carboxylic acids is 2. The maximum Gasteiger partial charge on any atom is 0.269 e. The van der Waals surface area contributed by atoms with Crippen LogP contribution in [-0.4, -0.2) is 23.2 Å². The molecule has 0 fully saturated rings. The standard InChI is InChI=1S/C23H19ClN2O5/c1-14-4-3-5-16(10-14)23(28)19-12-17(24)6-9-21(19)31-13-22(27)25-20-8-7-18(26(29)30)11-15(20)2/h3-12H,13H2,1-2H3,(H,25,27). The molecule has 0 aliphatic rings. The molecule has 0 atom stereocenters. The third-order valence-electron chi connectivity index (χ3n) is 4.52. The highest BCUT2D eigenvalue weighted by molar-refractivity contribution is 6.31. The summed E-state index contributed by atoms with van der Waals surface area (Å²) in [6.07, 6.45) is 0. The van der Waals surface area contributed by atoms with Crippen molar-refractivity contribution >= 4 is 34.7 Å². The van der Waals surface area contributed by atoms with Crippen LogP contribution in [0.4, 0.5) is 11.4 Å². The number of nitro benzene ring substituents is 1. The molecule has 0 spiro atoms. The second-order valence-electron chi connectivity index (χ2n) is 6.93. The number of non-ortho nitro benzene ring substituents is 1. The molecule has 0 aliphatic heterocycles. The Hall–Kier alpha value is -3.71. The molecule has 0 heterocycles. The predicted octanol–water partition coefficient (Wildman–Crippen LogP) is 5.11. The fourth-order valence-corrected chi connectivity index (χ4v) is 3.15. The third kappa shape index (κ3) is 5.46. The minimum absolute atomic E-state index is 0.0628. The van der Waals surface area contributed by atoms with Gasteiger partial charge in [0.1, 0.15) is 5.75 Å². The normalized spacial score (nSPS) is 10.4. The number of nitro groups is 1. The molecule has 0 unspecified atom stereocenters. The summed E-state index contributed by atoms with van der Waals surface area (Å²) >= 11 is 6.07. The van der Waals surface area contributed by atoms with Gasteiger partial charge in [-0.3, -0.25) is 19.7 Å². The SMILES string of the molecule is Cc1cccc(C(=O)c2cc(Cl)ccc2OCC(=O)Nc2ccc([N+](=O)[O-])cc2C)c1. The third-order valence-corrected chi connectivity index (χ3v) is 4.76. The monoisotopic (exact) mass is 438 g/mol. The van der Waals surface area contributed by atoms with Crippen LogP contribution in [0.1, 0.15) is 27.0 Å². The average Bonchev–Trinajstić information content (AvgIpc) is 2.73. The summed E-state index contributed by atoms with van der Waals surface area (Å²) in [5, 5.41) is 13.9. The molecule has 0 aromatic heterocycles. The molecule has 7 nitrogen and oxygen atoms in total. The van der Waals surface area contributed by atoms with Crippen LogP contribution < -0.4 is 10.1 Å². The summed E-state index contributed by atoms with van der Waals surface area (Å²) in [7, 11) is 0. The van der Waals surface area contributed by atoms with Gasteiger partial charge in [-0.1, -0.05) is 35.4 Å². The van der Waals surface area contributed by atoms with Crippen molar-refractivity contribution < 1.29 is 19.2 Å². The van der Waals surface area contributed by atoms with E-state index in [1.807, 2.05) is 13.0 Å². The van der Waals surface area contributed by atoms with Crippen LogP contribution in [0.25, 0.3) is 0 Å². The van der Waals surface area contributed by atoms with E-state index < -0.39 is 10.8 Å². The van der Waals surface area contributed by atoms with Crippen molar-refractivity contribution in [3.05, 3.63) is 98.1 Å². The second kappa shape index (κ2) is 9.40. The first-order chi connectivity index (χ1) is 14.7. The van der Waals surface area contributed by atoms with Crippen LogP contribution >= 0.6 is 11.6 Å². The van der Waals surface area contributed by atoms with Gasteiger partial charge in [0.2, 0.25) is 0 Å². The molecule has 158 valence electrons. The highest BCUT2D eigenvalue weighted by Gasteiger charge is 2.17. The number of nitrogens with zero attached hydrogens (tertiary/aromatic N) is 1. The largest absolute Gasteiger partial charge is 0.483 e. The van der Waals surface area contributed by atoms with Crippen LogP contribution in [0.5, 0.6) is 5.75 Å². The molecule has 3 aromatic carbocycles. The number of rotatable bonds is 7. The van der Waals surface area contributed by atoms with Crippen LogP contribution in [0.3, 0.4) is 0 Å². The first-order valence-electron chi connectivity index (χ1n) is 9.33. The summed E-state index contributed by atoms with van der Waals surface area (Å²) in [5.41, 5.74) is 2.59. The molecular weight excluding hydrogens is 420 g/mol. The van der Waals surface area contributed by atoms with Crippen molar-refractivity contribution in [1.82, 2.24) is 0 Å². The van der Waals surface area contributed by atoms with Gasteiger partial charge in [0, 0.05) is 28.4 Å². The minimum atomic E-state index is -0.505. The van der Waals surface area contributed by atoms with E-state index in [-0.39, 0.29) is 29.4 Å². The zero-order valence-corrected chi connectivity index (χ0v) is 17.6. The number of anilines is 1. The van der Waals surface area contributed by atoms with Gasteiger partial charge in [-0.2, -0.15) is 0 Å². The number of ether oxygens (including phenoxy) is 1. The molecule has 8 heteroatoms. The van der Waals surface area contributed by atoms with E-state index in [1.165, 1.54) is 30.3 Å². The lowest BCUT2D eigenvalue weighted by Gasteiger charge is -2.13. The Morgan fingerprint density at radius 2 is 1.84 bits per heavy atom. The molecule has 3 aromatic rings. The molecule has 0 saturated heterocycles. The molecule has 31 heavy (non-hydrogen) atoms. The second-order valence-corrected chi connectivity index (χ2v) is 7.37. The lowest BCUT2D eigenvalue weighted by Crippen LogP contribution is -2.21. The summed E-state index contributed by atoms with van der Waals surface area (Å²) < 4.78 is 5.60. The Morgan fingerprint density at radius 3 is 2.52 bits per heavy atom. The van der Waals surface area contributed by atoms with E-state index in [2.05, 4.69) is 5.32 Å². The number of hydrogen-bond acceptors (Lipinski definition) is 5. The van der Waals surface area contributed by atoms with E-state index in [1.54, 1.807) is 31.2 Å². The molecule has 1 amide bonds. The smallest absolute Gasteiger partial charge is 0.269 e. The van der Waals surface area contributed by atoms with Gasteiger partial charge in [0.05, 0.1) is 10.5 Å². The number of ketones is 1. The summed E-state index contributed by atoms with van der Waals surface area (Å²) in [6.45, 7) is 3.18. The molecule has 0 radical (unpaired) electrons. The van der Waals surface area contributed by atoms with E-state index in [4.69, 9.17) is 16.3 Å². The van der Waals surface area contributed by atoms with Gasteiger partial charge >= 0.3 is 0 Å². The fourth-order valence-electron chi connectivity index (χ4n) is 2.98. The number of carbonyl (C=O) groups is 2. The molecular formula is C23H19ClN2O5. The maximum absolute atomic E-state index is 12.9. The Balaban J connectivity index is 1.74. The first kappa shape index (κ1) is 22.0. The number of halogens is 1. The fraction of sp³-hybridized carbons (Fsp3) is 0.130. The number of benzene rings is 3. The number of hydrogen-bond donors (Lipinski definition) is 1. The van der Waals surface area contributed by atoms with E-state index in [0.717, 1.165) is 5.56 Å². The zero-order chi connectivity index (χ0) is 22.5. The molecule has 3 rings (SSSR count). The topological polar surface area (TPSA) is 98.5 Å². The lowest BCUT2D eigenvalue weighted by atomic mass is 10.0. The molecule has 0 aliphatic carbocycles. The van der Waals surface area contributed by atoms with E-state index >= 15 is 0 Å². The van der Waals surface area contributed by atoms with Crippen LogP contribution in [0.2, 0.25) is 5.02 Å². The van der Waals surface area contributed by atoms with E-state index in [9.17, 15) is 19.7 Å². The number of aryl methyl sites for hydroxylation is 2. The molecule has 1 N–H and O–H groups in total. The molecule has 0 saturated carbocycles. The van der Waals surface area contributed by atoms with Crippen molar-refractivity contribution in [3.63, 3.8) is 0 Å². The van der Waals surface area contributed by atoms with Crippen molar-refractivity contribution in [2.45, 2.75) is 13.8 Å². The van der Waals surface area contributed by atoms with Crippen molar-refractivity contribution in [2.75, 3.05) is 11.9 Å². The summed E-state index contributed by atoms with van der Waals surface area (Å²) in [4.78, 5) is 35.6. The van der Waals surface area contributed by atoms with Crippen molar-refractivity contribution in [3.8, 4) is 5.75 Å². The quantitative estimate of drug-likeness (QED) is 0.314. The lowest BCUT2D eigenvalue weighted by molar-refractivity contribution is -0.384. The van der Waals surface area contributed by atoms with E-state index in [0.29, 0.717) is 21.8 Å². The Bertz CT molecular complexity index is 1180. The van der Waals surface area contributed by atoms with Crippen LogP contribution in [0.15, 0.2) is 60.7 Å². The van der Waals surface area contributed by atoms with Gasteiger partial charge in [-0.15, -0.1) is 0 Å². The number of nitrogens with one attached hydrogen (secondary N) is 1. The maximum atomic E-state index is 12.9. The van der Waals surface area contributed by atoms with Crippen molar-refractivity contribution in [2.24, 2.45) is 0 Å². The van der Waals surface area contributed by atoms with Gasteiger partial charge in [0.15, 0.2) is 12.4 Å². The van der Waals surface area contributed by atoms with Crippen molar-refractivity contribution in [1.29, 1.82) is 0 Å². The Morgan fingerprint density at radius 1 is 1.06 bits per heavy atom. The zero-order valence-electron chi connectivity index (χ0n) is 16.8. The summed E-state index contributed by atoms with van der Waals surface area (Å²) in [5.74, 6) is -0.514. The van der Waals surface area contributed by atoms with Crippen LogP contribution in [-0.2, 0) is 4.79 Å².